The van der Waals surface area contributed by atoms with Crippen molar-refractivity contribution in [3.63, 3.8) is 0 Å². The van der Waals surface area contributed by atoms with Crippen molar-refractivity contribution in [1.82, 2.24) is 4.33 Å². The van der Waals surface area contributed by atoms with Crippen LogP contribution in [0.2, 0.25) is 0 Å². The summed E-state index contributed by atoms with van der Waals surface area (Å²) in [6.45, 7) is 0. The molecular weight excluding hydrogens is 331 g/mol. The van der Waals surface area contributed by atoms with Gasteiger partial charge in [0.05, 0.1) is 11.1 Å². The van der Waals surface area contributed by atoms with E-state index in [0.717, 1.165) is 14.6 Å². The lowest BCUT2D eigenvalue weighted by Crippen LogP contribution is -2.51. The molecule has 114 valence electrons. The fourth-order valence-electron chi connectivity index (χ4n) is 2.66. The molecule has 1 aliphatic rings. The topological polar surface area (TPSA) is 70.0 Å². The van der Waals surface area contributed by atoms with E-state index in [-0.39, 0.29) is 4.90 Å². The highest BCUT2D eigenvalue weighted by Crippen LogP contribution is 2.27. The van der Waals surface area contributed by atoms with Crippen LogP contribution in [0.1, 0.15) is 4.88 Å². The van der Waals surface area contributed by atoms with E-state index in [2.05, 4.69) is 5.10 Å². The van der Waals surface area contributed by atoms with Crippen molar-refractivity contribution in [2.24, 2.45) is 5.10 Å². The molecule has 0 radical (unpaired) electrons. The first-order chi connectivity index (χ1) is 11.1. The van der Waals surface area contributed by atoms with Crippen molar-refractivity contribution in [3.05, 3.63) is 58.8 Å². The summed E-state index contributed by atoms with van der Waals surface area (Å²) in [5, 5.41) is 17.6. The van der Waals surface area contributed by atoms with E-state index in [1.54, 1.807) is 29.6 Å². The fraction of sp³-hybridized carbons (Fsp3) is 0. The van der Waals surface area contributed by atoms with Crippen LogP contribution < -0.4 is 5.46 Å². The van der Waals surface area contributed by atoms with Crippen molar-refractivity contribution in [2.75, 3.05) is 0 Å². The highest BCUT2D eigenvalue weighted by Gasteiger charge is 2.39. The molecule has 1 aliphatic heterocycles. The molecule has 0 fully saturated rings. The molecule has 4 rings (SSSR count). The van der Waals surface area contributed by atoms with Crippen LogP contribution in [0.3, 0.4) is 0 Å². The smallest absolute Gasteiger partial charge is 0.427 e. The van der Waals surface area contributed by atoms with Crippen LogP contribution in [0.5, 0.6) is 0 Å². The standard InChI is InChI=1S/C15H11BN2O3S2/c19-16-13-8-9-22-14(13)10-17-18(16)23(20,21)15-7-3-5-11-4-1-2-6-12(11)15/h1-10,19H. The Labute approximate surface area is 137 Å². The molecule has 8 heteroatoms. The normalized spacial score (nSPS) is 14.3. The van der Waals surface area contributed by atoms with E-state index < -0.39 is 17.1 Å². The number of thiophene rings is 1. The number of hydrogen-bond acceptors (Lipinski definition) is 5. The summed E-state index contributed by atoms with van der Waals surface area (Å²) < 4.78 is 26.8. The predicted molar refractivity (Wildman–Crippen MR) is 92.5 cm³/mol. The van der Waals surface area contributed by atoms with Crippen molar-refractivity contribution in [2.45, 2.75) is 4.90 Å². The Morgan fingerprint density at radius 2 is 1.87 bits per heavy atom. The molecule has 0 aliphatic carbocycles. The fourth-order valence-corrected chi connectivity index (χ4v) is 4.90. The first-order valence-electron chi connectivity index (χ1n) is 6.91. The van der Waals surface area contributed by atoms with Gasteiger partial charge in [0.2, 0.25) is 0 Å². The van der Waals surface area contributed by atoms with Crippen molar-refractivity contribution in [1.29, 1.82) is 0 Å². The molecule has 0 atom stereocenters. The molecule has 3 aromatic rings. The van der Waals surface area contributed by atoms with Gasteiger partial charge >= 0.3 is 7.05 Å². The number of rotatable bonds is 2. The minimum atomic E-state index is -3.97. The third-order valence-corrected chi connectivity index (χ3v) is 6.34. The molecule has 23 heavy (non-hydrogen) atoms. The molecule has 0 amide bonds. The van der Waals surface area contributed by atoms with Crippen molar-refractivity contribution < 1.29 is 13.4 Å². The zero-order valence-electron chi connectivity index (χ0n) is 11.8. The van der Waals surface area contributed by atoms with Gasteiger partial charge in [-0.05, 0) is 22.3 Å². The van der Waals surface area contributed by atoms with Gasteiger partial charge < -0.3 is 5.02 Å². The van der Waals surface area contributed by atoms with Crippen LogP contribution in [-0.4, -0.2) is 31.0 Å². The lowest BCUT2D eigenvalue weighted by atomic mass is 9.75. The third-order valence-electron chi connectivity index (χ3n) is 3.78. The van der Waals surface area contributed by atoms with Crippen molar-refractivity contribution in [3.8, 4) is 0 Å². The first-order valence-corrected chi connectivity index (χ1v) is 9.22. The van der Waals surface area contributed by atoms with E-state index >= 15 is 0 Å². The SMILES string of the molecule is O=S(=O)(c1cccc2ccccc12)N1N=Cc2sccc2B1O. The Kier molecular flexibility index (Phi) is 3.26. The molecule has 2 aromatic carbocycles. The Balaban J connectivity index is 1.88. The lowest BCUT2D eigenvalue weighted by molar-refractivity contribution is 0.477. The van der Waals surface area contributed by atoms with Gasteiger partial charge in [-0.2, -0.15) is 9.43 Å². The summed E-state index contributed by atoms with van der Waals surface area (Å²) in [6, 6.07) is 14.0. The Bertz CT molecular complexity index is 1020. The van der Waals surface area contributed by atoms with E-state index in [4.69, 9.17) is 0 Å². The maximum absolute atomic E-state index is 13.0. The number of fused-ring (bicyclic) bond motifs is 2. The second kappa shape index (κ2) is 5.19. The molecule has 0 saturated heterocycles. The minimum absolute atomic E-state index is 0.130. The zero-order chi connectivity index (χ0) is 16.0. The second-order valence-electron chi connectivity index (χ2n) is 5.11. The van der Waals surface area contributed by atoms with Crippen LogP contribution in [0.15, 0.2) is 63.9 Å². The van der Waals surface area contributed by atoms with E-state index in [1.807, 2.05) is 18.2 Å². The molecule has 0 bridgehead atoms. The zero-order valence-corrected chi connectivity index (χ0v) is 13.5. The summed E-state index contributed by atoms with van der Waals surface area (Å²) >= 11 is 1.41. The van der Waals surface area contributed by atoms with Crippen LogP contribution >= 0.6 is 11.3 Å². The van der Waals surface area contributed by atoms with Crippen LogP contribution in [0, 0.1) is 0 Å². The Hall–Kier alpha value is -2.16. The maximum Gasteiger partial charge on any atom is 0.485 e. The van der Waals surface area contributed by atoms with Crippen LogP contribution in [0.25, 0.3) is 10.8 Å². The van der Waals surface area contributed by atoms with Gasteiger partial charge in [-0.15, -0.1) is 11.3 Å². The van der Waals surface area contributed by atoms with Gasteiger partial charge in [0.15, 0.2) is 0 Å². The molecule has 1 aromatic heterocycles. The third kappa shape index (κ3) is 2.18. The maximum atomic E-state index is 13.0. The van der Waals surface area contributed by atoms with Crippen molar-refractivity contribution >= 4 is 50.9 Å². The molecule has 1 N–H and O–H groups in total. The molecule has 2 heterocycles. The van der Waals surface area contributed by atoms with E-state index in [0.29, 0.717) is 10.8 Å². The number of nitrogens with zero attached hydrogens (tertiary/aromatic N) is 2. The highest BCUT2D eigenvalue weighted by molar-refractivity contribution is 7.90. The number of hydrogen-bond donors (Lipinski definition) is 1. The monoisotopic (exact) mass is 342 g/mol. The average molecular weight is 342 g/mol. The number of hydrazone groups is 1. The summed E-state index contributed by atoms with van der Waals surface area (Å²) in [4.78, 5) is 0.896. The van der Waals surface area contributed by atoms with Gasteiger partial charge in [-0.3, -0.25) is 0 Å². The van der Waals surface area contributed by atoms with Crippen LogP contribution in [0.4, 0.5) is 0 Å². The number of benzene rings is 2. The van der Waals surface area contributed by atoms with Gasteiger partial charge in [0.1, 0.15) is 0 Å². The average Bonchev–Trinajstić information content (AvgIpc) is 3.04. The summed E-state index contributed by atoms with van der Waals surface area (Å²) in [7, 11) is -5.28. The minimum Gasteiger partial charge on any atom is -0.427 e. The van der Waals surface area contributed by atoms with E-state index in [9.17, 15) is 13.4 Å². The first kappa shape index (κ1) is 14.4. The number of sulfonamides is 1. The molecule has 0 saturated carbocycles. The van der Waals surface area contributed by atoms with E-state index in [1.165, 1.54) is 23.6 Å². The predicted octanol–water partition coefficient (Wildman–Crippen LogP) is 1.63. The van der Waals surface area contributed by atoms with Crippen LogP contribution in [-0.2, 0) is 10.0 Å². The summed E-state index contributed by atoms with van der Waals surface area (Å²) in [5.74, 6) is 0. The molecule has 0 unspecified atom stereocenters. The van der Waals surface area contributed by atoms with Gasteiger partial charge in [0, 0.05) is 10.3 Å². The quantitative estimate of drug-likeness (QED) is 0.720. The second-order valence-corrected chi connectivity index (χ2v) is 7.83. The van der Waals surface area contributed by atoms with Gasteiger partial charge in [0.25, 0.3) is 10.0 Å². The Morgan fingerprint density at radius 3 is 2.74 bits per heavy atom. The van der Waals surface area contributed by atoms with Gasteiger partial charge in [-0.1, -0.05) is 42.5 Å². The highest BCUT2D eigenvalue weighted by atomic mass is 32.2. The lowest BCUT2D eigenvalue weighted by Gasteiger charge is -2.25. The molecule has 0 spiro atoms. The molecule has 5 nitrogen and oxygen atoms in total. The Morgan fingerprint density at radius 1 is 1.09 bits per heavy atom. The summed E-state index contributed by atoms with van der Waals surface area (Å²) in [6.07, 6.45) is 1.47. The van der Waals surface area contributed by atoms with Gasteiger partial charge in [-0.25, -0.2) is 8.42 Å². The molecular formula is C15H11BN2O3S2. The largest absolute Gasteiger partial charge is 0.485 e. The summed E-state index contributed by atoms with van der Waals surface area (Å²) in [5.41, 5.74) is 0.550.